The van der Waals surface area contributed by atoms with E-state index in [1.807, 2.05) is 36.7 Å². The second kappa shape index (κ2) is 5.05. The molecule has 0 saturated heterocycles. The van der Waals surface area contributed by atoms with Crippen molar-refractivity contribution in [3.8, 4) is 0 Å². The van der Waals surface area contributed by atoms with E-state index in [9.17, 15) is 0 Å². The summed E-state index contributed by atoms with van der Waals surface area (Å²) in [4.78, 5) is 7.07. The molecule has 0 atom stereocenters. The van der Waals surface area contributed by atoms with Gasteiger partial charge in [-0.15, -0.1) is 0 Å². The number of hydrogen-bond donors (Lipinski definition) is 3. The van der Waals surface area contributed by atoms with Crippen LogP contribution >= 0.6 is 0 Å². The van der Waals surface area contributed by atoms with Gasteiger partial charge in [-0.2, -0.15) is 0 Å². The van der Waals surface area contributed by atoms with E-state index in [4.69, 9.17) is 0 Å². The van der Waals surface area contributed by atoms with Crippen LogP contribution in [-0.4, -0.2) is 23.1 Å². The summed E-state index contributed by atoms with van der Waals surface area (Å²) in [6.07, 6.45) is 5.51. The molecule has 2 heterocycles. The summed E-state index contributed by atoms with van der Waals surface area (Å²) in [5.41, 5.74) is 2.12. The summed E-state index contributed by atoms with van der Waals surface area (Å²) in [7, 11) is 0. The van der Waals surface area contributed by atoms with Crippen LogP contribution in [0.5, 0.6) is 0 Å². The van der Waals surface area contributed by atoms with Crippen molar-refractivity contribution < 1.29 is 0 Å². The number of imidazole rings is 1. The Bertz CT molecular complexity index is 395. The highest BCUT2D eigenvalue weighted by molar-refractivity contribution is 5.73. The topological polar surface area (TPSA) is 52.7 Å². The number of aromatic amines is 1. The van der Waals surface area contributed by atoms with Crippen LogP contribution in [0.15, 0.2) is 43.0 Å². The summed E-state index contributed by atoms with van der Waals surface area (Å²) >= 11 is 0. The summed E-state index contributed by atoms with van der Waals surface area (Å²) < 4.78 is 0. The van der Waals surface area contributed by atoms with E-state index >= 15 is 0 Å². The van der Waals surface area contributed by atoms with Crippen molar-refractivity contribution in [2.24, 2.45) is 0 Å². The summed E-state index contributed by atoms with van der Waals surface area (Å²) in [5, 5.41) is 6.08. The fraction of sp³-hybridized carbons (Fsp3) is 0.182. The van der Waals surface area contributed by atoms with Gasteiger partial charge in [-0.1, -0.05) is 12.1 Å². The number of rotatable bonds is 0. The Morgan fingerprint density at radius 1 is 1.00 bits per heavy atom. The van der Waals surface area contributed by atoms with Crippen molar-refractivity contribution in [1.29, 1.82) is 0 Å². The Hall–Kier alpha value is -1.97. The van der Waals surface area contributed by atoms with Gasteiger partial charge < -0.3 is 15.6 Å². The zero-order valence-electron chi connectivity index (χ0n) is 8.40. The lowest BCUT2D eigenvalue weighted by atomic mass is 10.3. The third-order valence-electron chi connectivity index (χ3n) is 2.06. The van der Waals surface area contributed by atoms with Gasteiger partial charge in [0.2, 0.25) is 0 Å². The van der Waals surface area contributed by atoms with Crippen molar-refractivity contribution in [2.45, 2.75) is 0 Å². The quantitative estimate of drug-likeness (QED) is 0.602. The van der Waals surface area contributed by atoms with Crippen molar-refractivity contribution in [1.82, 2.24) is 20.6 Å². The Balaban J connectivity index is 0.000000124. The van der Waals surface area contributed by atoms with Gasteiger partial charge in [-0.3, -0.25) is 0 Å². The number of benzene rings is 1. The third kappa shape index (κ3) is 2.74. The number of nitrogens with one attached hydrogen (secondary N) is 3. The monoisotopic (exact) mass is 202 g/mol. The molecule has 0 saturated carbocycles. The Morgan fingerprint density at radius 3 is 2.33 bits per heavy atom. The molecule has 1 aliphatic heterocycles. The molecule has 3 rings (SSSR count). The smallest absolute Gasteiger partial charge is 0.0931 e. The van der Waals surface area contributed by atoms with Gasteiger partial charge in [0.25, 0.3) is 0 Å². The van der Waals surface area contributed by atoms with Gasteiger partial charge in [-0.05, 0) is 12.1 Å². The maximum absolute atomic E-state index is 4.06. The largest absolute Gasteiger partial charge is 0.388 e. The lowest BCUT2D eigenvalue weighted by molar-refractivity contribution is 0.723. The molecule has 0 unspecified atom stereocenters. The van der Waals surface area contributed by atoms with Crippen molar-refractivity contribution in [3.63, 3.8) is 0 Å². The first-order valence-electron chi connectivity index (χ1n) is 4.97. The maximum atomic E-state index is 4.06. The first kappa shape index (κ1) is 9.58. The van der Waals surface area contributed by atoms with Crippen molar-refractivity contribution >= 4 is 11.0 Å². The predicted octanol–water partition coefficient (Wildman–Crippen LogP) is 1.21. The number of para-hydroxylation sites is 2. The Labute approximate surface area is 88.4 Å². The van der Waals surface area contributed by atoms with Crippen LogP contribution in [-0.2, 0) is 0 Å². The molecule has 0 radical (unpaired) electrons. The number of H-pyrrole nitrogens is 1. The first-order valence-corrected chi connectivity index (χ1v) is 4.97. The number of nitrogens with zero attached hydrogens (tertiary/aromatic N) is 1. The predicted molar refractivity (Wildman–Crippen MR) is 61.2 cm³/mol. The number of hydrogen-bond acceptors (Lipinski definition) is 3. The van der Waals surface area contributed by atoms with Gasteiger partial charge in [0.05, 0.1) is 17.4 Å². The van der Waals surface area contributed by atoms with Gasteiger partial charge in [-0.25, -0.2) is 4.98 Å². The van der Waals surface area contributed by atoms with Gasteiger partial charge in [0.15, 0.2) is 0 Å². The van der Waals surface area contributed by atoms with Crippen molar-refractivity contribution in [2.75, 3.05) is 13.1 Å². The lowest BCUT2D eigenvalue weighted by Gasteiger charge is -2.05. The molecule has 1 aromatic carbocycles. The molecule has 0 amide bonds. The van der Waals surface area contributed by atoms with E-state index in [-0.39, 0.29) is 0 Å². The average Bonchev–Trinajstić information content (AvgIpc) is 2.80. The normalized spacial score (nSPS) is 13.6. The minimum atomic E-state index is 1.03. The fourth-order valence-electron chi connectivity index (χ4n) is 1.31. The molecule has 0 aliphatic carbocycles. The molecular formula is C11H14N4. The maximum Gasteiger partial charge on any atom is 0.0931 e. The van der Waals surface area contributed by atoms with Crippen LogP contribution in [0.2, 0.25) is 0 Å². The highest BCUT2D eigenvalue weighted by Gasteiger charge is 1.88. The molecule has 0 bridgehead atoms. The summed E-state index contributed by atoms with van der Waals surface area (Å²) in [6, 6.07) is 7.94. The lowest BCUT2D eigenvalue weighted by Crippen LogP contribution is -2.25. The van der Waals surface area contributed by atoms with E-state index in [0.29, 0.717) is 0 Å². The van der Waals surface area contributed by atoms with Crippen LogP contribution < -0.4 is 10.6 Å². The molecule has 4 heteroatoms. The molecule has 0 spiro atoms. The molecule has 4 nitrogen and oxygen atoms in total. The first-order chi connectivity index (χ1) is 7.47. The third-order valence-corrected chi connectivity index (χ3v) is 2.06. The molecule has 0 fully saturated rings. The molecule has 15 heavy (non-hydrogen) atoms. The van der Waals surface area contributed by atoms with Gasteiger partial charge >= 0.3 is 0 Å². The number of aromatic nitrogens is 2. The van der Waals surface area contributed by atoms with Gasteiger partial charge in [0, 0.05) is 25.5 Å². The van der Waals surface area contributed by atoms with E-state index in [2.05, 4.69) is 20.6 Å². The highest BCUT2D eigenvalue weighted by atomic mass is 15.0. The molecule has 1 aromatic heterocycles. The molecule has 78 valence electrons. The Morgan fingerprint density at radius 2 is 1.73 bits per heavy atom. The number of fused-ring (bicyclic) bond motifs is 1. The molecule has 2 aromatic rings. The van der Waals surface area contributed by atoms with E-state index in [0.717, 1.165) is 24.1 Å². The second-order valence-electron chi connectivity index (χ2n) is 3.16. The van der Waals surface area contributed by atoms with Crippen LogP contribution in [0.4, 0.5) is 0 Å². The summed E-state index contributed by atoms with van der Waals surface area (Å²) in [5.74, 6) is 0. The molecular weight excluding hydrogens is 188 g/mol. The van der Waals surface area contributed by atoms with E-state index < -0.39 is 0 Å². The minimum absolute atomic E-state index is 1.03. The summed E-state index contributed by atoms with van der Waals surface area (Å²) in [6.45, 7) is 2.10. The van der Waals surface area contributed by atoms with Crippen LogP contribution in [0, 0.1) is 0 Å². The highest BCUT2D eigenvalue weighted by Crippen LogP contribution is 2.05. The van der Waals surface area contributed by atoms with Crippen LogP contribution in [0.1, 0.15) is 0 Å². The molecule has 1 aliphatic rings. The van der Waals surface area contributed by atoms with E-state index in [1.54, 1.807) is 6.33 Å². The molecule has 3 N–H and O–H groups in total. The van der Waals surface area contributed by atoms with E-state index in [1.165, 1.54) is 0 Å². The van der Waals surface area contributed by atoms with Crippen LogP contribution in [0.3, 0.4) is 0 Å². The fourth-order valence-corrected chi connectivity index (χ4v) is 1.31. The van der Waals surface area contributed by atoms with Gasteiger partial charge in [0.1, 0.15) is 0 Å². The zero-order valence-corrected chi connectivity index (χ0v) is 8.40. The second-order valence-corrected chi connectivity index (χ2v) is 3.16. The average molecular weight is 202 g/mol. The van der Waals surface area contributed by atoms with Crippen LogP contribution in [0.25, 0.3) is 11.0 Å². The van der Waals surface area contributed by atoms with Crippen molar-refractivity contribution in [3.05, 3.63) is 43.0 Å². The zero-order chi connectivity index (χ0) is 10.3. The minimum Gasteiger partial charge on any atom is -0.388 e. The SMILES string of the molecule is C1=CNCCN1.c1ccc2[nH]cnc2c1. The standard InChI is InChI=1S/C7H6N2.C4H8N2/c1-2-4-7-6(3-1)8-5-9-7;1-2-6-4-3-5-1/h1-5H,(H,8,9);1-2,5-6H,3-4H2. The Kier molecular flexibility index (Phi) is 3.22.